The summed E-state index contributed by atoms with van der Waals surface area (Å²) in [5.74, 6) is 0.0232. The molecule has 0 aromatic carbocycles. The molecule has 2 rings (SSSR count). The van der Waals surface area contributed by atoms with Crippen molar-refractivity contribution in [3.05, 3.63) is 11.6 Å². The lowest BCUT2D eigenvalue weighted by Gasteiger charge is -2.42. The number of rotatable bonds is 4. The third kappa shape index (κ3) is 3.05. The molecule has 112 valence electrons. The maximum Gasteiger partial charge on any atom is 0.248 e. The van der Waals surface area contributed by atoms with Crippen LogP contribution < -0.4 is 5.32 Å². The predicted molar refractivity (Wildman–Crippen MR) is 79.2 cm³/mol. The Morgan fingerprint density at radius 1 is 1.35 bits per heavy atom. The molecule has 0 aromatic heterocycles. The van der Waals surface area contributed by atoms with Crippen LogP contribution in [0.4, 0.5) is 0 Å². The van der Waals surface area contributed by atoms with Crippen molar-refractivity contribution < 1.29 is 9.59 Å². The first-order valence-electron chi connectivity index (χ1n) is 7.76. The quantitative estimate of drug-likeness (QED) is 0.803. The Morgan fingerprint density at radius 2 is 2.10 bits per heavy atom. The molecule has 1 aliphatic heterocycles. The van der Waals surface area contributed by atoms with Gasteiger partial charge in [-0.3, -0.25) is 9.59 Å². The van der Waals surface area contributed by atoms with E-state index in [1.54, 1.807) is 18.7 Å². The Balaban J connectivity index is 2.07. The van der Waals surface area contributed by atoms with Crippen LogP contribution in [0, 0.1) is 0 Å². The largest absolute Gasteiger partial charge is 0.340 e. The Morgan fingerprint density at radius 3 is 2.70 bits per heavy atom. The van der Waals surface area contributed by atoms with Crippen LogP contribution in [-0.2, 0) is 9.59 Å². The van der Waals surface area contributed by atoms with Gasteiger partial charge in [0.15, 0.2) is 0 Å². The minimum atomic E-state index is -0.774. The van der Waals surface area contributed by atoms with Crippen molar-refractivity contribution in [2.45, 2.75) is 70.9 Å². The number of carbonyl (C=O) groups excluding carboxylic acids is 2. The number of carbonyl (C=O) groups is 2. The molecule has 0 spiro atoms. The summed E-state index contributed by atoms with van der Waals surface area (Å²) in [5.41, 5.74) is 0.673. The van der Waals surface area contributed by atoms with E-state index in [0.717, 1.165) is 19.3 Å². The number of nitrogens with one attached hydrogen (secondary N) is 1. The van der Waals surface area contributed by atoms with Gasteiger partial charge in [0.2, 0.25) is 11.8 Å². The first-order chi connectivity index (χ1) is 9.45. The van der Waals surface area contributed by atoms with Gasteiger partial charge in [0.25, 0.3) is 0 Å². The molecule has 4 heteroatoms. The van der Waals surface area contributed by atoms with Crippen LogP contribution in [0.1, 0.15) is 59.3 Å². The van der Waals surface area contributed by atoms with E-state index in [4.69, 9.17) is 0 Å². The fraction of sp³-hybridized carbons (Fsp3) is 0.750. The molecule has 1 unspecified atom stereocenters. The molecule has 2 aliphatic rings. The van der Waals surface area contributed by atoms with Crippen molar-refractivity contribution in [2.24, 2.45) is 0 Å². The normalized spacial score (nSPS) is 26.2. The standard InChI is InChI=1S/C16H26N2O2/c1-4-13-14(19)17-16(2,3)15(20)18(13)11-10-12-8-6-5-7-9-12/h8,13H,4-7,9-11H2,1-3H3,(H,17,19). The fourth-order valence-electron chi connectivity index (χ4n) is 3.15. The molecule has 0 aromatic rings. The summed E-state index contributed by atoms with van der Waals surface area (Å²) in [6.45, 7) is 6.20. The molecule has 1 heterocycles. The van der Waals surface area contributed by atoms with E-state index in [2.05, 4.69) is 11.4 Å². The Hall–Kier alpha value is -1.32. The molecule has 1 aliphatic carbocycles. The molecule has 2 amide bonds. The van der Waals surface area contributed by atoms with E-state index >= 15 is 0 Å². The van der Waals surface area contributed by atoms with Gasteiger partial charge in [0.1, 0.15) is 11.6 Å². The van der Waals surface area contributed by atoms with Crippen molar-refractivity contribution in [2.75, 3.05) is 6.54 Å². The maximum absolute atomic E-state index is 12.5. The zero-order valence-electron chi connectivity index (χ0n) is 12.9. The van der Waals surface area contributed by atoms with Crippen LogP contribution in [0.3, 0.4) is 0 Å². The van der Waals surface area contributed by atoms with E-state index in [-0.39, 0.29) is 17.9 Å². The van der Waals surface area contributed by atoms with Gasteiger partial charge in [-0.25, -0.2) is 0 Å². The number of hydrogen-bond acceptors (Lipinski definition) is 2. The Labute approximate surface area is 121 Å². The van der Waals surface area contributed by atoms with Crippen molar-refractivity contribution in [3.8, 4) is 0 Å². The SMILES string of the molecule is CCC1C(=O)NC(C)(C)C(=O)N1CCC1=CCCCC1. The fourth-order valence-corrected chi connectivity index (χ4v) is 3.15. The first-order valence-corrected chi connectivity index (χ1v) is 7.76. The van der Waals surface area contributed by atoms with Gasteiger partial charge in [0.05, 0.1) is 0 Å². The average Bonchev–Trinajstić information content (AvgIpc) is 2.42. The Kier molecular flexibility index (Phi) is 4.51. The number of hydrogen-bond donors (Lipinski definition) is 1. The second kappa shape index (κ2) is 5.98. The van der Waals surface area contributed by atoms with E-state index in [1.807, 2.05) is 6.92 Å². The number of nitrogens with zero attached hydrogens (tertiary/aromatic N) is 1. The van der Waals surface area contributed by atoms with Gasteiger partial charge in [0, 0.05) is 6.54 Å². The third-order valence-electron chi connectivity index (χ3n) is 4.36. The summed E-state index contributed by atoms with van der Waals surface area (Å²) in [6, 6.07) is -0.306. The topological polar surface area (TPSA) is 49.4 Å². The highest BCUT2D eigenvalue weighted by Gasteiger charge is 2.44. The molecule has 1 saturated heterocycles. The first kappa shape index (κ1) is 15.1. The minimum Gasteiger partial charge on any atom is -0.340 e. The second-order valence-electron chi connectivity index (χ2n) is 6.39. The van der Waals surface area contributed by atoms with Crippen molar-refractivity contribution in [1.29, 1.82) is 0 Å². The van der Waals surface area contributed by atoms with Gasteiger partial charge >= 0.3 is 0 Å². The van der Waals surface area contributed by atoms with E-state index < -0.39 is 5.54 Å². The highest BCUT2D eigenvalue weighted by Crippen LogP contribution is 2.24. The monoisotopic (exact) mass is 278 g/mol. The van der Waals surface area contributed by atoms with Crippen LogP contribution in [0.5, 0.6) is 0 Å². The van der Waals surface area contributed by atoms with Gasteiger partial charge in [-0.15, -0.1) is 0 Å². The lowest BCUT2D eigenvalue weighted by atomic mass is 9.93. The summed E-state index contributed by atoms with van der Waals surface area (Å²) < 4.78 is 0. The second-order valence-corrected chi connectivity index (χ2v) is 6.39. The van der Waals surface area contributed by atoms with Gasteiger partial charge in [-0.2, -0.15) is 0 Å². The zero-order valence-corrected chi connectivity index (χ0v) is 12.9. The Bertz CT molecular complexity index is 426. The van der Waals surface area contributed by atoms with Crippen molar-refractivity contribution in [3.63, 3.8) is 0 Å². The maximum atomic E-state index is 12.5. The highest BCUT2D eigenvalue weighted by molar-refractivity contribution is 5.99. The van der Waals surface area contributed by atoms with Crippen LogP contribution in [0.25, 0.3) is 0 Å². The van der Waals surface area contributed by atoms with Gasteiger partial charge in [-0.05, 0) is 52.4 Å². The summed E-state index contributed by atoms with van der Waals surface area (Å²) >= 11 is 0. The van der Waals surface area contributed by atoms with Crippen molar-refractivity contribution >= 4 is 11.8 Å². The zero-order chi connectivity index (χ0) is 14.8. The molecule has 0 bridgehead atoms. The van der Waals surface area contributed by atoms with Crippen LogP contribution in [0.2, 0.25) is 0 Å². The predicted octanol–water partition coefficient (Wildman–Crippen LogP) is 2.39. The van der Waals surface area contributed by atoms with Crippen LogP contribution >= 0.6 is 0 Å². The smallest absolute Gasteiger partial charge is 0.248 e. The number of amides is 2. The summed E-state index contributed by atoms with van der Waals surface area (Å²) in [4.78, 5) is 26.4. The molecule has 1 atom stereocenters. The lowest BCUT2D eigenvalue weighted by molar-refractivity contribution is -0.153. The molecule has 1 fully saturated rings. The molecule has 0 saturated carbocycles. The van der Waals surface area contributed by atoms with Gasteiger partial charge in [-0.1, -0.05) is 18.6 Å². The molecule has 4 nitrogen and oxygen atoms in total. The van der Waals surface area contributed by atoms with E-state index in [9.17, 15) is 9.59 Å². The summed E-state index contributed by atoms with van der Waals surface area (Å²) in [7, 11) is 0. The summed E-state index contributed by atoms with van der Waals surface area (Å²) in [5, 5.41) is 2.83. The summed E-state index contributed by atoms with van der Waals surface area (Å²) in [6.07, 6.45) is 8.73. The molecule has 0 radical (unpaired) electrons. The van der Waals surface area contributed by atoms with Gasteiger partial charge < -0.3 is 10.2 Å². The average molecular weight is 278 g/mol. The third-order valence-corrected chi connectivity index (χ3v) is 4.36. The molecular formula is C16H26N2O2. The van der Waals surface area contributed by atoms with E-state index in [0.29, 0.717) is 13.0 Å². The molecule has 20 heavy (non-hydrogen) atoms. The molecular weight excluding hydrogens is 252 g/mol. The van der Waals surface area contributed by atoms with Crippen LogP contribution in [-0.4, -0.2) is 34.8 Å². The highest BCUT2D eigenvalue weighted by atomic mass is 16.2. The van der Waals surface area contributed by atoms with Crippen LogP contribution in [0.15, 0.2) is 11.6 Å². The lowest BCUT2D eigenvalue weighted by Crippen LogP contribution is -2.68. The van der Waals surface area contributed by atoms with Crippen molar-refractivity contribution in [1.82, 2.24) is 10.2 Å². The minimum absolute atomic E-state index is 0.0188. The number of piperazine rings is 1. The van der Waals surface area contributed by atoms with E-state index in [1.165, 1.54) is 18.4 Å². The number of allylic oxidation sites excluding steroid dienone is 1. The molecule has 1 N–H and O–H groups in total.